The van der Waals surface area contributed by atoms with Crippen LogP contribution in [0.4, 0.5) is 5.69 Å². The van der Waals surface area contributed by atoms with Crippen molar-refractivity contribution < 1.29 is 19.1 Å². The minimum atomic E-state index is -0.344. The Labute approximate surface area is 167 Å². The fourth-order valence-electron chi connectivity index (χ4n) is 3.01. The number of carbonyl (C=O) groups excluding carboxylic acids is 2. The van der Waals surface area contributed by atoms with E-state index in [4.69, 9.17) is 9.47 Å². The molecule has 9 heteroatoms. The number of nitrogens with one attached hydrogen (secondary N) is 2. The van der Waals surface area contributed by atoms with Crippen molar-refractivity contribution in [2.24, 2.45) is 0 Å². The van der Waals surface area contributed by atoms with Gasteiger partial charge in [-0.2, -0.15) is 0 Å². The molecule has 3 rings (SSSR count). The molecule has 1 aliphatic rings. The Kier molecular flexibility index (Phi) is 7.32. The zero-order valence-electron chi connectivity index (χ0n) is 15.8. The average Bonchev–Trinajstić information content (AvgIpc) is 3.18. The molecular formula is C19H24N4O4S. The number of methoxy groups -OCH3 is 1. The first-order chi connectivity index (χ1) is 13.6. The van der Waals surface area contributed by atoms with Gasteiger partial charge in [-0.15, -0.1) is 10.2 Å². The first-order valence-corrected chi connectivity index (χ1v) is 10.1. The van der Waals surface area contributed by atoms with Crippen molar-refractivity contribution in [1.29, 1.82) is 0 Å². The third-order valence-corrected chi connectivity index (χ3v) is 5.33. The summed E-state index contributed by atoms with van der Waals surface area (Å²) < 4.78 is 10.5. The number of hydrogen-bond donors (Lipinski definition) is 2. The van der Waals surface area contributed by atoms with Crippen LogP contribution in [0.1, 0.15) is 46.9 Å². The summed E-state index contributed by atoms with van der Waals surface area (Å²) in [5.74, 6) is 0.249. The molecule has 2 amide bonds. The van der Waals surface area contributed by atoms with E-state index in [2.05, 4.69) is 20.8 Å². The number of amides is 2. The summed E-state index contributed by atoms with van der Waals surface area (Å²) in [5, 5.41) is 14.4. The molecule has 1 aromatic heterocycles. The molecule has 0 aliphatic heterocycles. The second kappa shape index (κ2) is 10.1. The standard InChI is InChI=1S/C19H24N4O4S/c1-26-15-9-7-14(8-10-15)21-18(25)19-23-22-17(28-19)12-27-11-16(24)20-13-5-3-2-4-6-13/h7-10,13H,2-6,11-12H2,1H3,(H,20,24)(H,21,25). The van der Waals surface area contributed by atoms with E-state index in [0.29, 0.717) is 16.4 Å². The molecule has 8 nitrogen and oxygen atoms in total. The molecule has 0 radical (unpaired) electrons. The van der Waals surface area contributed by atoms with Crippen molar-refractivity contribution in [3.05, 3.63) is 34.3 Å². The molecule has 2 aromatic rings. The summed E-state index contributed by atoms with van der Waals surface area (Å²) in [6, 6.07) is 7.26. The van der Waals surface area contributed by atoms with Crippen LogP contribution in [-0.2, 0) is 16.1 Å². The largest absolute Gasteiger partial charge is 0.497 e. The maximum atomic E-state index is 12.2. The summed E-state index contributed by atoms with van der Waals surface area (Å²) in [4.78, 5) is 24.2. The molecule has 1 saturated carbocycles. The molecule has 0 bridgehead atoms. The molecule has 0 saturated heterocycles. The second-order valence-electron chi connectivity index (χ2n) is 6.58. The van der Waals surface area contributed by atoms with Crippen molar-refractivity contribution >= 4 is 28.8 Å². The van der Waals surface area contributed by atoms with Crippen LogP contribution in [-0.4, -0.2) is 41.8 Å². The van der Waals surface area contributed by atoms with Crippen molar-refractivity contribution in [2.75, 3.05) is 19.0 Å². The van der Waals surface area contributed by atoms with Crippen LogP contribution in [0.15, 0.2) is 24.3 Å². The molecule has 0 unspecified atom stereocenters. The van der Waals surface area contributed by atoms with E-state index in [1.807, 2.05) is 0 Å². The second-order valence-corrected chi connectivity index (χ2v) is 7.64. The molecule has 28 heavy (non-hydrogen) atoms. The highest BCUT2D eigenvalue weighted by Gasteiger charge is 2.16. The Hall–Kier alpha value is -2.52. The predicted octanol–water partition coefficient (Wildman–Crippen LogP) is 2.76. The number of anilines is 1. The Morgan fingerprint density at radius 1 is 1.14 bits per heavy atom. The summed E-state index contributed by atoms with van der Waals surface area (Å²) in [7, 11) is 1.58. The van der Waals surface area contributed by atoms with Crippen LogP contribution in [0.2, 0.25) is 0 Å². The summed E-state index contributed by atoms with van der Waals surface area (Å²) in [6.07, 6.45) is 5.65. The first-order valence-electron chi connectivity index (χ1n) is 9.29. The van der Waals surface area contributed by atoms with E-state index in [1.54, 1.807) is 31.4 Å². The van der Waals surface area contributed by atoms with Crippen molar-refractivity contribution in [3.63, 3.8) is 0 Å². The van der Waals surface area contributed by atoms with Crippen LogP contribution >= 0.6 is 11.3 Å². The Morgan fingerprint density at radius 3 is 2.61 bits per heavy atom. The van der Waals surface area contributed by atoms with Crippen molar-refractivity contribution in [3.8, 4) is 5.75 Å². The van der Waals surface area contributed by atoms with E-state index < -0.39 is 0 Å². The zero-order valence-corrected chi connectivity index (χ0v) is 16.6. The van der Waals surface area contributed by atoms with Gasteiger partial charge in [-0.1, -0.05) is 30.6 Å². The summed E-state index contributed by atoms with van der Waals surface area (Å²) in [6.45, 7) is 0.120. The topological polar surface area (TPSA) is 102 Å². The molecule has 1 heterocycles. The Bertz CT molecular complexity index is 787. The lowest BCUT2D eigenvalue weighted by Gasteiger charge is -2.22. The highest BCUT2D eigenvalue weighted by Crippen LogP contribution is 2.18. The molecule has 150 valence electrons. The third-order valence-electron chi connectivity index (χ3n) is 4.44. The van der Waals surface area contributed by atoms with E-state index >= 15 is 0 Å². The fraction of sp³-hybridized carbons (Fsp3) is 0.474. The van der Waals surface area contributed by atoms with Crippen LogP contribution in [0, 0.1) is 0 Å². The lowest BCUT2D eigenvalue weighted by molar-refractivity contribution is -0.127. The van der Waals surface area contributed by atoms with Crippen LogP contribution in [0.5, 0.6) is 5.75 Å². The number of carbonyl (C=O) groups is 2. The minimum absolute atomic E-state index is 0.0243. The SMILES string of the molecule is COc1ccc(NC(=O)c2nnc(COCC(=O)NC3CCCCC3)s2)cc1. The van der Waals surface area contributed by atoms with Crippen LogP contribution < -0.4 is 15.4 Å². The molecular weight excluding hydrogens is 380 g/mol. The molecule has 0 spiro atoms. The Balaban J connectivity index is 1.41. The fourth-order valence-corrected chi connectivity index (χ4v) is 3.68. The molecule has 0 atom stereocenters. The lowest BCUT2D eigenvalue weighted by Crippen LogP contribution is -2.38. The van der Waals surface area contributed by atoms with Gasteiger partial charge in [0, 0.05) is 11.7 Å². The highest BCUT2D eigenvalue weighted by atomic mass is 32.1. The van der Waals surface area contributed by atoms with Gasteiger partial charge in [0.25, 0.3) is 5.91 Å². The third kappa shape index (κ3) is 6.00. The van der Waals surface area contributed by atoms with Gasteiger partial charge in [0.15, 0.2) is 0 Å². The normalized spacial score (nSPS) is 14.5. The van der Waals surface area contributed by atoms with Gasteiger partial charge in [0.1, 0.15) is 24.0 Å². The van der Waals surface area contributed by atoms with Gasteiger partial charge in [-0.05, 0) is 37.1 Å². The number of ether oxygens (including phenoxy) is 2. The zero-order chi connectivity index (χ0) is 19.8. The van der Waals surface area contributed by atoms with Crippen molar-refractivity contribution in [2.45, 2.75) is 44.8 Å². The number of aromatic nitrogens is 2. The van der Waals surface area contributed by atoms with Gasteiger partial charge < -0.3 is 20.1 Å². The van der Waals surface area contributed by atoms with E-state index in [0.717, 1.165) is 37.0 Å². The monoisotopic (exact) mass is 404 g/mol. The quantitative estimate of drug-likeness (QED) is 0.701. The Morgan fingerprint density at radius 2 is 1.89 bits per heavy atom. The van der Waals surface area contributed by atoms with Crippen LogP contribution in [0.25, 0.3) is 0 Å². The molecule has 2 N–H and O–H groups in total. The lowest BCUT2D eigenvalue weighted by atomic mass is 9.95. The minimum Gasteiger partial charge on any atom is -0.497 e. The highest BCUT2D eigenvalue weighted by molar-refractivity contribution is 7.13. The summed E-state index contributed by atoms with van der Waals surface area (Å²) in [5.41, 5.74) is 0.637. The smallest absolute Gasteiger partial charge is 0.286 e. The number of nitrogens with zero attached hydrogens (tertiary/aromatic N) is 2. The van der Waals surface area contributed by atoms with E-state index in [9.17, 15) is 9.59 Å². The van der Waals surface area contributed by atoms with Gasteiger partial charge in [-0.3, -0.25) is 9.59 Å². The van der Waals surface area contributed by atoms with Crippen molar-refractivity contribution in [1.82, 2.24) is 15.5 Å². The molecule has 1 aromatic carbocycles. The van der Waals surface area contributed by atoms with E-state index in [-0.39, 0.29) is 36.1 Å². The molecule has 1 fully saturated rings. The van der Waals surface area contributed by atoms with Gasteiger partial charge in [-0.25, -0.2) is 0 Å². The van der Waals surface area contributed by atoms with Gasteiger partial charge >= 0.3 is 0 Å². The predicted molar refractivity (Wildman–Crippen MR) is 106 cm³/mol. The molecule has 1 aliphatic carbocycles. The maximum Gasteiger partial charge on any atom is 0.286 e. The number of hydrogen-bond acceptors (Lipinski definition) is 7. The summed E-state index contributed by atoms with van der Waals surface area (Å²) >= 11 is 1.14. The number of benzene rings is 1. The van der Waals surface area contributed by atoms with E-state index in [1.165, 1.54) is 6.42 Å². The van der Waals surface area contributed by atoms with Gasteiger partial charge in [0.05, 0.1) is 7.11 Å². The van der Waals surface area contributed by atoms with Gasteiger partial charge in [0.2, 0.25) is 10.9 Å². The number of rotatable bonds is 8. The maximum absolute atomic E-state index is 12.2. The first kappa shape index (κ1) is 20.2. The average molecular weight is 404 g/mol. The van der Waals surface area contributed by atoms with Crippen LogP contribution in [0.3, 0.4) is 0 Å².